The van der Waals surface area contributed by atoms with E-state index in [1.807, 2.05) is 55.4 Å². The van der Waals surface area contributed by atoms with Crippen molar-refractivity contribution in [2.75, 3.05) is 52.9 Å². The Morgan fingerprint density at radius 3 is 2.26 bits per heavy atom. The van der Waals surface area contributed by atoms with Crippen molar-refractivity contribution in [1.29, 1.82) is 0 Å². The SMILES string of the molecule is CCCCCOc1ccc(C(=O)N(CCN(C)C)c2nc3c(OC)ccc(OC)c3s2)cc1.Cl. The third-order valence-corrected chi connectivity index (χ3v) is 6.36. The van der Waals surface area contributed by atoms with Crippen molar-refractivity contribution in [3.63, 3.8) is 0 Å². The summed E-state index contributed by atoms with van der Waals surface area (Å²) in [5, 5.41) is 0.611. The smallest absolute Gasteiger partial charge is 0.260 e. The highest BCUT2D eigenvalue weighted by Crippen LogP contribution is 2.40. The molecule has 0 aliphatic carbocycles. The van der Waals surface area contributed by atoms with Crippen LogP contribution in [-0.4, -0.2) is 63.8 Å². The predicted octanol–water partition coefficient (Wildman–Crippen LogP) is 5.51. The van der Waals surface area contributed by atoms with Crippen molar-refractivity contribution in [1.82, 2.24) is 9.88 Å². The van der Waals surface area contributed by atoms with Gasteiger partial charge in [-0.3, -0.25) is 9.69 Å². The minimum atomic E-state index is -0.105. The molecular weight excluding hydrogens is 474 g/mol. The summed E-state index contributed by atoms with van der Waals surface area (Å²) in [6.07, 6.45) is 3.33. The molecule has 9 heteroatoms. The van der Waals surface area contributed by atoms with Crippen LogP contribution in [0.25, 0.3) is 10.2 Å². The highest BCUT2D eigenvalue weighted by Gasteiger charge is 2.23. The van der Waals surface area contributed by atoms with Crippen LogP contribution in [0.2, 0.25) is 0 Å². The molecule has 0 bridgehead atoms. The molecule has 3 rings (SSSR count). The Labute approximate surface area is 212 Å². The van der Waals surface area contributed by atoms with E-state index in [4.69, 9.17) is 19.2 Å². The lowest BCUT2D eigenvalue weighted by atomic mass is 10.2. The number of ether oxygens (including phenoxy) is 3. The van der Waals surface area contributed by atoms with Crippen LogP contribution in [0.5, 0.6) is 17.2 Å². The predicted molar refractivity (Wildman–Crippen MR) is 142 cm³/mol. The van der Waals surface area contributed by atoms with Crippen LogP contribution in [-0.2, 0) is 0 Å². The molecule has 1 aromatic heterocycles. The van der Waals surface area contributed by atoms with E-state index in [1.165, 1.54) is 11.3 Å². The fourth-order valence-corrected chi connectivity index (χ4v) is 4.46. The number of hydrogen-bond donors (Lipinski definition) is 0. The summed E-state index contributed by atoms with van der Waals surface area (Å²) in [5.41, 5.74) is 1.28. The molecule has 0 aliphatic heterocycles. The number of amides is 1. The van der Waals surface area contributed by atoms with Crippen molar-refractivity contribution in [2.45, 2.75) is 26.2 Å². The Hall–Kier alpha value is -2.55. The number of nitrogens with zero attached hydrogens (tertiary/aromatic N) is 3. The first-order valence-electron chi connectivity index (χ1n) is 11.2. The average Bonchev–Trinajstić information content (AvgIpc) is 3.26. The number of rotatable bonds is 12. The highest BCUT2D eigenvalue weighted by atomic mass is 35.5. The molecular formula is C25H34ClN3O4S. The summed E-state index contributed by atoms with van der Waals surface area (Å²) in [7, 11) is 7.21. The summed E-state index contributed by atoms with van der Waals surface area (Å²) >= 11 is 1.43. The van der Waals surface area contributed by atoms with Crippen molar-refractivity contribution in [2.24, 2.45) is 0 Å². The second-order valence-corrected chi connectivity index (χ2v) is 8.96. The van der Waals surface area contributed by atoms with Gasteiger partial charge in [-0.15, -0.1) is 12.4 Å². The van der Waals surface area contributed by atoms with Gasteiger partial charge >= 0.3 is 0 Å². The van der Waals surface area contributed by atoms with Gasteiger partial charge in [0.25, 0.3) is 5.91 Å². The number of aromatic nitrogens is 1. The zero-order valence-electron chi connectivity index (χ0n) is 20.5. The van der Waals surface area contributed by atoms with Gasteiger partial charge in [-0.2, -0.15) is 0 Å². The van der Waals surface area contributed by atoms with Crippen molar-refractivity contribution < 1.29 is 19.0 Å². The second-order valence-electron chi connectivity index (χ2n) is 7.98. The number of unbranched alkanes of at least 4 members (excludes halogenated alkanes) is 2. The number of hydrogen-bond acceptors (Lipinski definition) is 7. The molecule has 34 heavy (non-hydrogen) atoms. The number of fused-ring (bicyclic) bond motifs is 1. The van der Waals surface area contributed by atoms with Gasteiger partial charge in [-0.25, -0.2) is 4.98 Å². The van der Waals surface area contributed by atoms with Crippen LogP contribution in [0.15, 0.2) is 36.4 Å². The molecule has 1 amide bonds. The molecule has 0 aliphatic rings. The van der Waals surface area contributed by atoms with Crippen molar-refractivity contribution >= 4 is 45.0 Å². The second kappa shape index (κ2) is 13.4. The van der Waals surface area contributed by atoms with Crippen LogP contribution in [0.3, 0.4) is 0 Å². The van der Waals surface area contributed by atoms with E-state index in [2.05, 4.69) is 6.92 Å². The van der Waals surface area contributed by atoms with E-state index in [0.29, 0.717) is 47.4 Å². The molecule has 0 radical (unpaired) electrons. The van der Waals surface area contributed by atoms with Gasteiger partial charge in [0.15, 0.2) is 5.13 Å². The highest BCUT2D eigenvalue weighted by molar-refractivity contribution is 7.22. The van der Waals surface area contributed by atoms with E-state index < -0.39 is 0 Å². The first-order valence-corrected chi connectivity index (χ1v) is 12.0. The maximum atomic E-state index is 13.5. The summed E-state index contributed by atoms with van der Waals surface area (Å²) in [5.74, 6) is 2.03. The van der Waals surface area contributed by atoms with Crippen LogP contribution in [0.1, 0.15) is 36.5 Å². The Bertz CT molecular complexity index is 1020. The van der Waals surface area contributed by atoms with Gasteiger partial charge in [0.05, 0.1) is 20.8 Å². The molecule has 0 saturated carbocycles. The maximum Gasteiger partial charge on any atom is 0.260 e. The van der Waals surface area contributed by atoms with Gasteiger partial charge in [-0.05, 0) is 56.9 Å². The molecule has 1 heterocycles. The largest absolute Gasteiger partial charge is 0.495 e. The molecule has 7 nitrogen and oxygen atoms in total. The lowest BCUT2D eigenvalue weighted by Crippen LogP contribution is -2.36. The topological polar surface area (TPSA) is 64.1 Å². The lowest BCUT2D eigenvalue weighted by molar-refractivity contribution is 0.0985. The minimum Gasteiger partial charge on any atom is -0.495 e. The monoisotopic (exact) mass is 507 g/mol. The Morgan fingerprint density at radius 1 is 0.971 bits per heavy atom. The molecule has 0 fully saturated rings. The Morgan fingerprint density at radius 2 is 1.65 bits per heavy atom. The summed E-state index contributed by atoms with van der Waals surface area (Å²) in [6.45, 7) is 4.06. The number of anilines is 1. The fourth-order valence-electron chi connectivity index (χ4n) is 3.37. The Balaban J connectivity index is 0.00000408. The lowest BCUT2D eigenvalue weighted by Gasteiger charge is -2.22. The molecule has 186 valence electrons. The molecule has 2 aromatic carbocycles. The quantitative estimate of drug-likeness (QED) is 0.301. The molecule has 0 atom stereocenters. The number of halogens is 1. The molecule has 0 saturated heterocycles. The number of thiazole rings is 1. The van der Waals surface area contributed by atoms with Crippen LogP contribution in [0, 0.1) is 0 Å². The van der Waals surface area contributed by atoms with Crippen molar-refractivity contribution in [3.05, 3.63) is 42.0 Å². The third-order valence-electron chi connectivity index (χ3n) is 5.26. The average molecular weight is 508 g/mol. The normalized spacial score (nSPS) is 10.8. The summed E-state index contributed by atoms with van der Waals surface area (Å²) in [4.78, 5) is 22.1. The van der Waals surface area contributed by atoms with Crippen molar-refractivity contribution in [3.8, 4) is 17.2 Å². The molecule has 3 aromatic rings. The molecule has 0 unspecified atom stereocenters. The van der Waals surface area contributed by atoms with Gasteiger partial charge in [0.1, 0.15) is 27.5 Å². The number of benzene rings is 2. The number of carbonyl (C=O) groups excluding carboxylic acids is 1. The Kier molecular flexibility index (Phi) is 10.9. The van der Waals surface area contributed by atoms with E-state index in [9.17, 15) is 4.79 Å². The van der Waals surface area contributed by atoms with Crippen LogP contribution >= 0.6 is 23.7 Å². The fraction of sp³-hybridized carbons (Fsp3) is 0.440. The standard InChI is InChI=1S/C25H33N3O4S.ClH/c1-6-7-8-17-32-19-11-9-18(10-12-19)24(29)28(16-15-27(2)3)25-26-22-20(30-4)13-14-21(31-5)23(22)33-25;/h9-14H,6-8,15-17H2,1-5H3;1H. The van der Waals surface area contributed by atoms with E-state index in [0.717, 1.165) is 29.7 Å². The molecule has 0 N–H and O–H groups in total. The number of likely N-dealkylation sites (N-methyl/N-ethyl adjacent to an activating group) is 1. The van der Waals surface area contributed by atoms with Crippen LogP contribution in [0.4, 0.5) is 5.13 Å². The van der Waals surface area contributed by atoms with Gasteiger partial charge in [-0.1, -0.05) is 31.1 Å². The number of carbonyl (C=O) groups is 1. The molecule has 0 spiro atoms. The van der Waals surface area contributed by atoms with E-state index in [1.54, 1.807) is 19.1 Å². The summed E-state index contributed by atoms with van der Waals surface area (Å²) in [6, 6.07) is 11.0. The zero-order chi connectivity index (χ0) is 23.8. The zero-order valence-corrected chi connectivity index (χ0v) is 22.1. The summed E-state index contributed by atoms with van der Waals surface area (Å²) < 4.78 is 17.6. The first kappa shape index (κ1) is 27.7. The van der Waals surface area contributed by atoms with Gasteiger partial charge < -0.3 is 19.1 Å². The van der Waals surface area contributed by atoms with E-state index in [-0.39, 0.29) is 18.3 Å². The minimum absolute atomic E-state index is 0. The first-order chi connectivity index (χ1) is 16.0. The third kappa shape index (κ3) is 6.74. The van der Waals surface area contributed by atoms with Gasteiger partial charge in [0.2, 0.25) is 0 Å². The number of methoxy groups -OCH3 is 2. The van der Waals surface area contributed by atoms with Crippen LogP contribution < -0.4 is 19.1 Å². The maximum absolute atomic E-state index is 13.5. The van der Waals surface area contributed by atoms with E-state index >= 15 is 0 Å². The van der Waals surface area contributed by atoms with Gasteiger partial charge in [0, 0.05) is 18.7 Å².